The highest BCUT2D eigenvalue weighted by atomic mass is 16.5. The van der Waals surface area contributed by atoms with Crippen molar-refractivity contribution in [3.63, 3.8) is 0 Å². The number of ether oxygens (including phenoxy) is 2. The van der Waals surface area contributed by atoms with Crippen LogP contribution >= 0.6 is 0 Å². The first-order chi connectivity index (χ1) is 9.02. The summed E-state index contributed by atoms with van der Waals surface area (Å²) in [7, 11) is 1.34. The van der Waals surface area contributed by atoms with Crippen LogP contribution in [0.3, 0.4) is 0 Å². The number of esters is 2. The van der Waals surface area contributed by atoms with Crippen molar-refractivity contribution in [1.29, 1.82) is 0 Å². The highest BCUT2D eigenvalue weighted by Crippen LogP contribution is 2.07. The van der Waals surface area contributed by atoms with Gasteiger partial charge >= 0.3 is 11.9 Å². The minimum Gasteiger partial charge on any atom is -0.469 e. The van der Waals surface area contributed by atoms with Gasteiger partial charge in [0.15, 0.2) is 0 Å². The molecule has 0 N–H and O–H groups in total. The molecule has 0 aromatic carbocycles. The van der Waals surface area contributed by atoms with E-state index in [1.807, 2.05) is 0 Å². The largest absolute Gasteiger partial charge is 0.469 e. The Hall–Kier alpha value is -1.83. The molecule has 5 heteroatoms. The lowest BCUT2D eigenvalue weighted by Gasteiger charge is -2.08. The Morgan fingerprint density at radius 2 is 1.89 bits per heavy atom. The summed E-state index contributed by atoms with van der Waals surface area (Å²) in [5, 5.41) is 0. The van der Waals surface area contributed by atoms with E-state index in [4.69, 9.17) is 4.74 Å². The van der Waals surface area contributed by atoms with Crippen LogP contribution in [-0.4, -0.2) is 31.4 Å². The maximum absolute atomic E-state index is 11.5. The molecule has 5 nitrogen and oxygen atoms in total. The predicted octanol–water partition coefficient (Wildman–Crippen LogP) is 1.49. The first-order valence-corrected chi connectivity index (χ1v) is 6.22. The standard InChI is InChI=1S/C14H20O5/c1-4-19-14(17)12(11(2)15)9-7-5-6-8-10-13(16)18-3/h12H,4,6,8-10H2,1-3H3/t12-/m0/s1. The number of hydrogen-bond donors (Lipinski definition) is 0. The van der Waals surface area contributed by atoms with Gasteiger partial charge in [-0.1, -0.05) is 0 Å². The molecule has 0 aliphatic carbocycles. The van der Waals surface area contributed by atoms with E-state index in [-0.39, 0.29) is 24.8 Å². The maximum Gasteiger partial charge on any atom is 0.317 e. The van der Waals surface area contributed by atoms with Crippen LogP contribution in [0.5, 0.6) is 0 Å². The van der Waals surface area contributed by atoms with Crippen LogP contribution in [0.2, 0.25) is 0 Å². The zero-order chi connectivity index (χ0) is 14.7. The van der Waals surface area contributed by atoms with Gasteiger partial charge in [-0.2, -0.15) is 0 Å². The van der Waals surface area contributed by atoms with Crippen molar-refractivity contribution in [2.45, 2.75) is 39.5 Å². The fourth-order valence-electron chi connectivity index (χ4n) is 1.32. The molecule has 0 unspecified atom stereocenters. The number of methoxy groups -OCH3 is 1. The molecule has 0 spiro atoms. The Morgan fingerprint density at radius 3 is 2.42 bits per heavy atom. The summed E-state index contributed by atoms with van der Waals surface area (Å²) in [6.07, 6.45) is 1.61. The van der Waals surface area contributed by atoms with E-state index in [0.29, 0.717) is 19.3 Å². The molecule has 0 rings (SSSR count). The van der Waals surface area contributed by atoms with Gasteiger partial charge in [-0.25, -0.2) is 0 Å². The SMILES string of the molecule is CCOC(=O)[C@@H](CC#CCCCC(=O)OC)C(C)=O. The average Bonchev–Trinajstić information content (AvgIpc) is 2.37. The molecule has 0 aliphatic heterocycles. The van der Waals surface area contributed by atoms with Gasteiger partial charge < -0.3 is 9.47 Å². The van der Waals surface area contributed by atoms with Crippen molar-refractivity contribution in [2.24, 2.45) is 5.92 Å². The summed E-state index contributed by atoms with van der Waals surface area (Å²) in [4.78, 5) is 33.6. The summed E-state index contributed by atoms with van der Waals surface area (Å²) in [5.41, 5.74) is 0. The van der Waals surface area contributed by atoms with Gasteiger partial charge in [0.1, 0.15) is 11.7 Å². The van der Waals surface area contributed by atoms with Crippen LogP contribution in [0.4, 0.5) is 0 Å². The van der Waals surface area contributed by atoms with E-state index in [9.17, 15) is 14.4 Å². The maximum atomic E-state index is 11.5. The number of hydrogen-bond acceptors (Lipinski definition) is 5. The summed E-state index contributed by atoms with van der Waals surface area (Å²) in [6, 6.07) is 0. The normalized spacial score (nSPS) is 10.9. The molecule has 0 aliphatic rings. The predicted molar refractivity (Wildman–Crippen MR) is 69.1 cm³/mol. The van der Waals surface area contributed by atoms with E-state index in [0.717, 1.165) is 0 Å². The first-order valence-electron chi connectivity index (χ1n) is 6.22. The summed E-state index contributed by atoms with van der Waals surface area (Å²) in [5.74, 6) is 3.75. The minimum absolute atomic E-state index is 0.159. The minimum atomic E-state index is -0.812. The number of rotatable bonds is 7. The smallest absolute Gasteiger partial charge is 0.317 e. The van der Waals surface area contributed by atoms with Crippen LogP contribution in [0.25, 0.3) is 0 Å². The third kappa shape index (κ3) is 7.98. The highest BCUT2D eigenvalue weighted by Gasteiger charge is 2.23. The molecule has 0 heterocycles. The fraction of sp³-hybridized carbons (Fsp3) is 0.643. The van der Waals surface area contributed by atoms with Crippen molar-refractivity contribution in [1.82, 2.24) is 0 Å². The van der Waals surface area contributed by atoms with Crippen molar-refractivity contribution in [3.8, 4) is 11.8 Å². The van der Waals surface area contributed by atoms with Crippen molar-refractivity contribution >= 4 is 17.7 Å². The molecule has 0 radical (unpaired) electrons. The van der Waals surface area contributed by atoms with Gasteiger partial charge in [0.2, 0.25) is 0 Å². The Morgan fingerprint density at radius 1 is 1.21 bits per heavy atom. The molecule has 0 amide bonds. The molecule has 19 heavy (non-hydrogen) atoms. The van der Waals surface area contributed by atoms with E-state index >= 15 is 0 Å². The van der Waals surface area contributed by atoms with E-state index in [2.05, 4.69) is 16.6 Å². The zero-order valence-corrected chi connectivity index (χ0v) is 11.7. The molecule has 1 atom stereocenters. The molecule has 0 saturated heterocycles. The van der Waals surface area contributed by atoms with Gasteiger partial charge in [-0.3, -0.25) is 14.4 Å². The topological polar surface area (TPSA) is 69.7 Å². The van der Waals surface area contributed by atoms with Gasteiger partial charge in [0.25, 0.3) is 0 Å². The van der Waals surface area contributed by atoms with E-state index in [1.165, 1.54) is 14.0 Å². The molecule has 0 saturated carbocycles. The molecule has 0 bridgehead atoms. The third-order valence-electron chi connectivity index (χ3n) is 2.40. The van der Waals surface area contributed by atoms with Crippen LogP contribution in [-0.2, 0) is 23.9 Å². The second-order valence-corrected chi connectivity index (χ2v) is 3.90. The average molecular weight is 268 g/mol. The fourth-order valence-corrected chi connectivity index (χ4v) is 1.32. The molecule has 0 aromatic heterocycles. The van der Waals surface area contributed by atoms with Crippen molar-refractivity contribution < 1.29 is 23.9 Å². The van der Waals surface area contributed by atoms with Crippen molar-refractivity contribution in [2.75, 3.05) is 13.7 Å². The lowest BCUT2D eigenvalue weighted by molar-refractivity contribution is -0.151. The first kappa shape index (κ1) is 17.2. The second kappa shape index (κ2) is 10.1. The Balaban J connectivity index is 4.09. The van der Waals surface area contributed by atoms with Crippen LogP contribution < -0.4 is 0 Å². The van der Waals surface area contributed by atoms with E-state index in [1.54, 1.807) is 6.92 Å². The van der Waals surface area contributed by atoms with Crippen LogP contribution in [0, 0.1) is 17.8 Å². The Bertz CT molecular complexity index is 375. The molecular weight excluding hydrogens is 248 g/mol. The van der Waals surface area contributed by atoms with Gasteiger partial charge in [0, 0.05) is 19.3 Å². The number of carbonyl (C=O) groups excluding carboxylic acids is 3. The highest BCUT2D eigenvalue weighted by molar-refractivity contribution is 5.97. The summed E-state index contributed by atoms with van der Waals surface area (Å²) < 4.78 is 9.29. The van der Waals surface area contributed by atoms with Crippen molar-refractivity contribution in [3.05, 3.63) is 0 Å². The van der Waals surface area contributed by atoms with E-state index < -0.39 is 11.9 Å². The summed E-state index contributed by atoms with van der Waals surface area (Å²) >= 11 is 0. The van der Waals surface area contributed by atoms with Gasteiger partial charge in [-0.05, 0) is 20.3 Å². The number of carbonyl (C=O) groups is 3. The Labute approximate surface area is 113 Å². The molecule has 106 valence electrons. The molecule has 0 aromatic rings. The quantitative estimate of drug-likeness (QED) is 0.303. The lowest BCUT2D eigenvalue weighted by atomic mass is 10.0. The zero-order valence-electron chi connectivity index (χ0n) is 11.7. The monoisotopic (exact) mass is 268 g/mol. The number of Topliss-reactive ketones (excluding diaryl/α,β-unsaturated/α-hetero) is 1. The second-order valence-electron chi connectivity index (χ2n) is 3.90. The summed E-state index contributed by atoms with van der Waals surface area (Å²) in [6.45, 7) is 3.28. The van der Waals surface area contributed by atoms with Gasteiger partial charge in [-0.15, -0.1) is 11.8 Å². The van der Waals surface area contributed by atoms with Crippen LogP contribution in [0.15, 0.2) is 0 Å². The third-order valence-corrected chi connectivity index (χ3v) is 2.40. The molecular formula is C14H20O5. The lowest BCUT2D eigenvalue weighted by Crippen LogP contribution is -2.23. The van der Waals surface area contributed by atoms with Crippen LogP contribution in [0.1, 0.15) is 39.5 Å². The number of unbranched alkanes of at least 4 members (excludes halogenated alkanes) is 1. The molecule has 0 fully saturated rings. The van der Waals surface area contributed by atoms with Gasteiger partial charge in [0.05, 0.1) is 13.7 Å². The number of ketones is 1. The Kier molecular flexibility index (Phi) is 9.15.